The van der Waals surface area contributed by atoms with Crippen molar-refractivity contribution in [1.82, 2.24) is 9.80 Å². The average Bonchev–Trinajstić information content (AvgIpc) is 2.99. The molecule has 0 unspecified atom stereocenters. The second kappa shape index (κ2) is 6.93. The molecule has 2 rings (SSSR count). The molecule has 0 aromatic heterocycles. The van der Waals surface area contributed by atoms with Gasteiger partial charge >= 0.3 is 6.09 Å². The molecule has 2 aliphatic rings. The summed E-state index contributed by atoms with van der Waals surface area (Å²) in [5.41, 5.74) is 0.0957. The fourth-order valence-corrected chi connectivity index (χ4v) is 2.20. The predicted molar refractivity (Wildman–Crippen MR) is 83.3 cm³/mol. The van der Waals surface area contributed by atoms with Gasteiger partial charge in [-0.25, -0.2) is 4.79 Å². The number of ether oxygens (including phenoxy) is 3. The molecule has 7 heteroatoms. The quantitative estimate of drug-likeness (QED) is 0.792. The van der Waals surface area contributed by atoms with Crippen LogP contribution in [-0.2, 0) is 19.0 Å². The third kappa shape index (κ3) is 4.91. The zero-order chi connectivity index (χ0) is 17.0. The van der Waals surface area contributed by atoms with E-state index in [0.717, 1.165) is 0 Å². The Hall–Kier alpha value is -2.18. The summed E-state index contributed by atoms with van der Waals surface area (Å²) in [6.07, 6.45) is 3.30. The van der Waals surface area contributed by atoms with Gasteiger partial charge in [-0.15, -0.1) is 0 Å². The molecule has 0 aromatic carbocycles. The smallest absolute Gasteiger partial charge is 0.414 e. The molecule has 0 N–H and O–H groups in total. The predicted octanol–water partition coefficient (Wildman–Crippen LogP) is 1.86. The third-order valence-corrected chi connectivity index (χ3v) is 3.28. The van der Waals surface area contributed by atoms with E-state index in [1.54, 1.807) is 18.1 Å². The van der Waals surface area contributed by atoms with Gasteiger partial charge in [-0.1, -0.05) is 0 Å². The molecule has 0 radical (unpaired) electrons. The summed E-state index contributed by atoms with van der Waals surface area (Å²) in [4.78, 5) is 27.3. The van der Waals surface area contributed by atoms with E-state index >= 15 is 0 Å². The highest BCUT2D eigenvalue weighted by atomic mass is 16.6. The van der Waals surface area contributed by atoms with Crippen LogP contribution in [0.25, 0.3) is 0 Å². The SMILES string of the molecule is CN(CC1=CN(C(=O)OC(C)(C)C)CCO1)C(=O)C1=COCC1. The van der Waals surface area contributed by atoms with E-state index in [2.05, 4.69) is 0 Å². The Kier molecular flexibility index (Phi) is 5.18. The van der Waals surface area contributed by atoms with E-state index in [4.69, 9.17) is 14.2 Å². The Bertz CT molecular complexity index is 533. The standard InChI is InChI=1S/C16H24N2O5/c1-16(2,3)23-15(20)18-6-8-22-13(10-18)9-17(4)14(19)12-5-7-21-11-12/h10-11H,5-9H2,1-4H3. The van der Waals surface area contributed by atoms with Crippen LogP contribution in [0.5, 0.6) is 0 Å². The molecule has 0 spiro atoms. The first kappa shape index (κ1) is 17.2. The van der Waals surface area contributed by atoms with Crippen LogP contribution in [-0.4, -0.2) is 60.8 Å². The first-order valence-corrected chi connectivity index (χ1v) is 7.65. The molecule has 0 saturated carbocycles. The van der Waals surface area contributed by atoms with E-state index < -0.39 is 11.7 Å². The normalized spacial score (nSPS) is 17.7. The molecule has 2 heterocycles. The van der Waals surface area contributed by atoms with Crippen molar-refractivity contribution < 1.29 is 23.8 Å². The van der Waals surface area contributed by atoms with Crippen LogP contribution in [0.1, 0.15) is 27.2 Å². The lowest BCUT2D eigenvalue weighted by atomic mass is 10.2. The van der Waals surface area contributed by atoms with Gasteiger partial charge in [0.1, 0.15) is 18.0 Å². The van der Waals surface area contributed by atoms with Crippen LogP contribution in [0.3, 0.4) is 0 Å². The summed E-state index contributed by atoms with van der Waals surface area (Å²) in [6.45, 7) is 7.09. The van der Waals surface area contributed by atoms with Gasteiger partial charge in [-0.3, -0.25) is 9.69 Å². The lowest BCUT2D eigenvalue weighted by Crippen LogP contribution is -2.39. The molecule has 2 aliphatic heterocycles. The van der Waals surface area contributed by atoms with Crippen molar-refractivity contribution in [3.8, 4) is 0 Å². The average molecular weight is 324 g/mol. The van der Waals surface area contributed by atoms with Crippen molar-refractivity contribution in [2.45, 2.75) is 32.8 Å². The fraction of sp³-hybridized carbons (Fsp3) is 0.625. The summed E-state index contributed by atoms with van der Waals surface area (Å²) < 4.78 is 16.0. The first-order valence-electron chi connectivity index (χ1n) is 7.65. The minimum atomic E-state index is -0.550. The van der Waals surface area contributed by atoms with E-state index in [9.17, 15) is 9.59 Å². The zero-order valence-corrected chi connectivity index (χ0v) is 14.1. The Morgan fingerprint density at radius 1 is 1.35 bits per heavy atom. The van der Waals surface area contributed by atoms with Crippen molar-refractivity contribution >= 4 is 12.0 Å². The largest absolute Gasteiger partial charge is 0.500 e. The van der Waals surface area contributed by atoms with Gasteiger partial charge in [0.2, 0.25) is 0 Å². The highest BCUT2D eigenvalue weighted by Crippen LogP contribution is 2.17. The molecule has 0 saturated heterocycles. The summed E-state index contributed by atoms with van der Waals surface area (Å²) >= 11 is 0. The fourth-order valence-electron chi connectivity index (χ4n) is 2.20. The maximum atomic E-state index is 12.2. The zero-order valence-electron chi connectivity index (χ0n) is 14.1. The number of likely N-dealkylation sites (N-methyl/N-ethyl adjacent to an activating group) is 1. The lowest BCUT2D eigenvalue weighted by molar-refractivity contribution is -0.126. The molecular weight excluding hydrogens is 300 g/mol. The van der Waals surface area contributed by atoms with Crippen LogP contribution >= 0.6 is 0 Å². The maximum Gasteiger partial charge on any atom is 0.414 e. The van der Waals surface area contributed by atoms with Gasteiger partial charge in [-0.05, 0) is 20.8 Å². The Labute approximate surface area is 136 Å². The summed E-state index contributed by atoms with van der Waals surface area (Å²) in [6, 6.07) is 0. The number of carbonyl (C=O) groups excluding carboxylic acids is 2. The molecule has 0 atom stereocenters. The Morgan fingerprint density at radius 3 is 2.70 bits per heavy atom. The minimum absolute atomic E-state index is 0.0959. The molecule has 7 nitrogen and oxygen atoms in total. The number of carbonyl (C=O) groups is 2. The summed E-state index contributed by atoms with van der Waals surface area (Å²) in [5.74, 6) is 0.457. The lowest BCUT2D eigenvalue weighted by Gasteiger charge is -2.29. The molecule has 128 valence electrons. The molecule has 0 fully saturated rings. The van der Waals surface area contributed by atoms with Crippen molar-refractivity contribution in [2.75, 3.05) is 33.4 Å². The topological polar surface area (TPSA) is 68.3 Å². The van der Waals surface area contributed by atoms with Gasteiger partial charge in [0.15, 0.2) is 0 Å². The molecule has 0 bridgehead atoms. The number of hydrogen-bond donors (Lipinski definition) is 0. The minimum Gasteiger partial charge on any atom is -0.500 e. The van der Waals surface area contributed by atoms with Gasteiger partial charge in [0.05, 0.1) is 37.7 Å². The van der Waals surface area contributed by atoms with Crippen LogP contribution < -0.4 is 0 Å². The first-order chi connectivity index (χ1) is 10.8. The van der Waals surface area contributed by atoms with E-state index in [1.807, 2.05) is 20.8 Å². The van der Waals surface area contributed by atoms with E-state index in [-0.39, 0.29) is 12.5 Å². The summed E-state index contributed by atoms with van der Waals surface area (Å²) in [7, 11) is 1.69. The third-order valence-electron chi connectivity index (χ3n) is 3.28. The number of nitrogens with zero attached hydrogens (tertiary/aromatic N) is 2. The van der Waals surface area contributed by atoms with Crippen LogP contribution in [0, 0.1) is 0 Å². The van der Waals surface area contributed by atoms with Crippen LogP contribution in [0.4, 0.5) is 4.79 Å². The van der Waals surface area contributed by atoms with Crippen LogP contribution in [0.15, 0.2) is 23.8 Å². The monoisotopic (exact) mass is 324 g/mol. The van der Waals surface area contributed by atoms with E-state index in [1.165, 1.54) is 11.2 Å². The Balaban J connectivity index is 1.96. The van der Waals surface area contributed by atoms with Crippen LogP contribution in [0.2, 0.25) is 0 Å². The van der Waals surface area contributed by atoms with Crippen molar-refractivity contribution in [3.63, 3.8) is 0 Å². The highest BCUT2D eigenvalue weighted by Gasteiger charge is 2.25. The van der Waals surface area contributed by atoms with Crippen molar-refractivity contribution in [3.05, 3.63) is 23.8 Å². The second-order valence-corrected chi connectivity index (χ2v) is 6.54. The van der Waals surface area contributed by atoms with Gasteiger partial charge in [0.25, 0.3) is 5.91 Å². The number of amides is 2. The van der Waals surface area contributed by atoms with Crippen molar-refractivity contribution in [2.24, 2.45) is 0 Å². The molecule has 0 aliphatic carbocycles. The highest BCUT2D eigenvalue weighted by molar-refractivity contribution is 5.93. The van der Waals surface area contributed by atoms with Gasteiger partial charge < -0.3 is 19.1 Å². The number of hydrogen-bond acceptors (Lipinski definition) is 5. The van der Waals surface area contributed by atoms with Gasteiger partial charge in [-0.2, -0.15) is 0 Å². The Morgan fingerprint density at radius 2 is 2.09 bits per heavy atom. The molecule has 2 amide bonds. The van der Waals surface area contributed by atoms with Crippen molar-refractivity contribution in [1.29, 1.82) is 0 Å². The van der Waals surface area contributed by atoms with E-state index in [0.29, 0.717) is 37.5 Å². The number of rotatable bonds is 3. The molecule has 23 heavy (non-hydrogen) atoms. The molecular formula is C16H24N2O5. The maximum absolute atomic E-state index is 12.2. The second-order valence-electron chi connectivity index (χ2n) is 6.54. The molecule has 0 aromatic rings. The summed E-state index contributed by atoms with van der Waals surface area (Å²) in [5, 5.41) is 0. The van der Waals surface area contributed by atoms with Gasteiger partial charge in [0, 0.05) is 13.5 Å².